The van der Waals surface area contributed by atoms with Gasteiger partial charge in [-0.2, -0.15) is 0 Å². The summed E-state index contributed by atoms with van der Waals surface area (Å²) in [6.45, 7) is 8.01. The number of benzene rings is 1. The highest BCUT2D eigenvalue weighted by Crippen LogP contribution is 2.46. The lowest BCUT2D eigenvalue weighted by molar-refractivity contribution is 0.373. The number of hydrogen-bond acceptors (Lipinski definition) is 2. The van der Waals surface area contributed by atoms with Crippen molar-refractivity contribution >= 4 is 27.7 Å². The molecule has 1 nitrogen and oxygen atoms in total. The van der Waals surface area contributed by atoms with Crippen LogP contribution in [0.5, 0.6) is 0 Å². The topological polar surface area (TPSA) is 12.0 Å². The Hall–Kier alpha value is 0.01000. The van der Waals surface area contributed by atoms with E-state index in [-0.39, 0.29) is 0 Å². The third-order valence-corrected chi connectivity index (χ3v) is 5.93. The van der Waals surface area contributed by atoms with Crippen LogP contribution in [0.4, 0.5) is 0 Å². The molecule has 94 valence electrons. The number of rotatable bonds is 3. The highest BCUT2D eigenvalue weighted by molar-refractivity contribution is 9.10. The largest absolute Gasteiger partial charge is 0.310 e. The normalized spacial score (nSPS) is 27.9. The maximum Gasteiger partial charge on any atom is 0.0368 e. The smallest absolute Gasteiger partial charge is 0.0368 e. The van der Waals surface area contributed by atoms with Crippen LogP contribution in [0, 0.1) is 5.92 Å². The number of hydrogen-bond donors (Lipinski definition) is 1. The van der Waals surface area contributed by atoms with Crippen molar-refractivity contribution in [3.05, 3.63) is 28.2 Å². The highest BCUT2D eigenvalue weighted by atomic mass is 79.9. The first-order chi connectivity index (χ1) is 8.15. The Balaban J connectivity index is 2.35. The van der Waals surface area contributed by atoms with Gasteiger partial charge < -0.3 is 5.32 Å². The summed E-state index contributed by atoms with van der Waals surface area (Å²) in [6.07, 6.45) is 1.19. The van der Waals surface area contributed by atoms with Crippen molar-refractivity contribution < 1.29 is 0 Å². The Kier molecular flexibility index (Phi) is 4.56. The fourth-order valence-electron chi connectivity index (χ4n) is 2.34. The van der Waals surface area contributed by atoms with Gasteiger partial charge in [0.2, 0.25) is 0 Å². The lowest BCUT2D eigenvalue weighted by Gasteiger charge is -2.36. The Morgan fingerprint density at radius 2 is 2.12 bits per heavy atom. The minimum Gasteiger partial charge on any atom is -0.310 e. The molecule has 0 aliphatic carbocycles. The van der Waals surface area contributed by atoms with Gasteiger partial charge in [-0.05, 0) is 46.4 Å². The van der Waals surface area contributed by atoms with Crippen molar-refractivity contribution in [2.24, 2.45) is 5.92 Å². The van der Waals surface area contributed by atoms with Gasteiger partial charge >= 0.3 is 0 Å². The van der Waals surface area contributed by atoms with Crippen LogP contribution in [0.2, 0.25) is 0 Å². The molecule has 0 amide bonds. The molecular formula is C14H20BrNS. The van der Waals surface area contributed by atoms with Gasteiger partial charge in [0.1, 0.15) is 0 Å². The van der Waals surface area contributed by atoms with E-state index in [4.69, 9.17) is 0 Å². The third-order valence-electron chi connectivity index (χ3n) is 3.52. The minimum atomic E-state index is 0.499. The molecule has 0 bridgehead atoms. The Bertz CT molecular complexity index is 394. The molecule has 0 fully saturated rings. The maximum absolute atomic E-state index is 3.70. The van der Waals surface area contributed by atoms with Crippen LogP contribution < -0.4 is 5.32 Å². The van der Waals surface area contributed by atoms with Gasteiger partial charge in [0, 0.05) is 20.7 Å². The SMILES string of the molecule is CCCNC1c2cccc(Br)c2SC(C)C1C. The zero-order valence-electron chi connectivity index (χ0n) is 10.7. The second-order valence-corrected chi connectivity index (χ2v) is 7.01. The predicted molar refractivity (Wildman–Crippen MR) is 79.7 cm³/mol. The van der Waals surface area contributed by atoms with Crippen molar-refractivity contribution in [1.82, 2.24) is 5.32 Å². The van der Waals surface area contributed by atoms with Crippen LogP contribution in [0.1, 0.15) is 38.8 Å². The van der Waals surface area contributed by atoms with Crippen LogP contribution in [0.25, 0.3) is 0 Å². The molecule has 0 aromatic heterocycles. The lowest BCUT2D eigenvalue weighted by atomic mass is 9.91. The van der Waals surface area contributed by atoms with Crippen molar-refractivity contribution in [1.29, 1.82) is 0 Å². The molecule has 0 radical (unpaired) electrons. The molecule has 1 aliphatic rings. The Morgan fingerprint density at radius 1 is 1.35 bits per heavy atom. The maximum atomic E-state index is 3.70. The highest BCUT2D eigenvalue weighted by Gasteiger charge is 2.32. The molecule has 1 heterocycles. The summed E-state index contributed by atoms with van der Waals surface area (Å²) in [7, 11) is 0. The molecule has 2 rings (SSSR count). The average molecular weight is 314 g/mol. The van der Waals surface area contributed by atoms with E-state index in [1.165, 1.54) is 21.4 Å². The van der Waals surface area contributed by atoms with Gasteiger partial charge in [0.15, 0.2) is 0 Å². The number of thioether (sulfide) groups is 1. The summed E-state index contributed by atoms with van der Waals surface area (Å²) < 4.78 is 1.24. The molecule has 1 N–H and O–H groups in total. The van der Waals surface area contributed by atoms with Crippen molar-refractivity contribution in [3.8, 4) is 0 Å². The van der Waals surface area contributed by atoms with E-state index < -0.39 is 0 Å². The van der Waals surface area contributed by atoms with Gasteiger partial charge in [-0.1, -0.05) is 32.9 Å². The van der Waals surface area contributed by atoms with E-state index in [2.05, 4.69) is 60.2 Å². The molecule has 1 aliphatic heterocycles. The second kappa shape index (κ2) is 5.77. The predicted octanol–water partition coefficient (Wildman–Crippen LogP) is 4.62. The fourth-order valence-corrected chi connectivity index (χ4v) is 4.26. The van der Waals surface area contributed by atoms with Crippen molar-refractivity contribution in [2.45, 2.75) is 43.4 Å². The van der Waals surface area contributed by atoms with E-state index in [1.54, 1.807) is 0 Å². The van der Waals surface area contributed by atoms with E-state index in [0.717, 1.165) is 6.54 Å². The van der Waals surface area contributed by atoms with Crippen LogP contribution in [0.15, 0.2) is 27.6 Å². The van der Waals surface area contributed by atoms with Gasteiger partial charge in [0.25, 0.3) is 0 Å². The summed E-state index contributed by atoms with van der Waals surface area (Å²) in [5, 5.41) is 4.36. The second-order valence-electron chi connectivity index (χ2n) is 4.77. The standard InChI is InChI=1S/C14H20BrNS/c1-4-8-16-13-9(2)10(3)17-14-11(13)6-5-7-12(14)15/h5-7,9-10,13,16H,4,8H2,1-3H3. The van der Waals surface area contributed by atoms with Crippen LogP contribution in [-0.4, -0.2) is 11.8 Å². The van der Waals surface area contributed by atoms with E-state index in [0.29, 0.717) is 17.2 Å². The first-order valence-corrected chi connectivity index (χ1v) is 8.00. The lowest BCUT2D eigenvalue weighted by Crippen LogP contribution is -2.35. The van der Waals surface area contributed by atoms with Crippen LogP contribution in [-0.2, 0) is 0 Å². The summed E-state index contributed by atoms with van der Waals surface area (Å²) in [5.41, 5.74) is 1.46. The summed E-state index contributed by atoms with van der Waals surface area (Å²) in [6, 6.07) is 7.06. The molecule has 1 aromatic rings. The van der Waals surface area contributed by atoms with Crippen molar-refractivity contribution in [2.75, 3.05) is 6.54 Å². The molecule has 0 saturated carbocycles. The molecule has 0 spiro atoms. The summed E-state index contributed by atoms with van der Waals surface area (Å²) in [5.74, 6) is 0.674. The zero-order chi connectivity index (χ0) is 12.4. The van der Waals surface area contributed by atoms with Gasteiger partial charge in [0.05, 0.1) is 0 Å². The number of nitrogens with one attached hydrogen (secondary N) is 1. The average Bonchev–Trinajstić information content (AvgIpc) is 2.31. The molecular weight excluding hydrogens is 294 g/mol. The van der Waals surface area contributed by atoms with Crippen LogP contribution >= 0.6 is 27.7 Å². The fraction of sp³-hybridized carbons (Fsp3) is 0.571. The van der Waals surface area contributed by atoms with Gasteiger partial charge in [-0.3, -0.25) is 0 Å². The molecule has 0 saturated heterocycles. The minimum absolute atomic E-state index is 0.499. The first-order valence-electron chi connectivity index (χ1n) is 6.33. The molecule has 1 aromatic carbocycles. The van der Waals surface area contributed by atoms with Gasteiger partial charge in [-0.25, -0.2) is 0 Å². The molecule has 17 heavy (non-hydrogen) atoms. The van der Waals surface area contributed by atoms with E-state index >= 15 is 0 Å². The third kappa shape index (κ3) is 2.72. The molecule has 3 atom stereocenters. The van der Waals surface area contributed by atoms with Crippen molar-refractivity contribution in [3.63, 3.8) is 0 Å². The Morgan fingerprint density at radius 3 is 2.82 bits per heavy atom. The van der Waals surface area contributed by atoms with Gasteiger partial charge in [-0.15, -0.1) is 11.8 Å². The summed E-state index contributed by atoms with van der Waals surface area (Å²) in [4.78, 5) is 1.42. The van der Waals surface area contributed by atoms with E-state index in [1.807, 2.05) is 11.8 Å². The van der Waals surface area contributed by atoms with Crippen LogP contribution in [0.3, 0.4) is 0 Å². The quantitative estimate of drug-likeness (QED) is 0.873. The monoisotopic (exact) mass is 313 g/mol. The Labute approximate surface area is 117 Å². The number of halogens is 1. The molecule has 3 unspecified atom stereocenters. The number of fused-ring (bicyclic) bond motifs is 1. The zero-order valence-corrected chi connectivity index (χ0v) is 13.1. The first kappa shape index (κ1) is 13.4. The summed E-state index contributed by atoms with van der Waals surface area (Å²) >= 11 is 5.67. The molecule has 3 heteroatoms. The van der Waals surface area contributed by atoms with E-state index in [9.17, 15) is 0 Å².